The van der Waals surface area contributed by atoms with Crippen molar-refractivity contribution in [1.29, 1.82) is 0 Å². The first kappa shape index (κ1) is 30.3. The van der Waals surface area contributed by atoms with E-state index in [0.717, 1.165) is 17.0 Å². The minimum atomic E-state index is -3.73. The van der Waals surface area contributed by atoms with Crippen molar-refractivity contribution in [1.82, 2.24) is 19.9 Å². The van der Waals surface area contributed by atoms with E-state index in [2.05, 4.69) is 23.2 Å². The molecule has 0 bridgehead atoms. The molecule has 3 amide bonds. The van der Waals surface area contributed by atoms with Crippen LogP contribution in [0.1, 0.15) is 19.3 Å². The second-order valence-electron chi connectivity index (χ2n) is 11.5. The maximum atomic E-state index is 13.6. The zero-order valence-electron chi connectivity index (χ0n) is 24.7. The fourth-order valence-electron chi connectivity index (χ4n) is 5.91. The molecule has 1 saturated heterocycles. The Kier molecular flexibility index (Phi) is 8.08. The third-order valence-electron chi connectivity index (χ3n) is 8.53. The molecule has 11 nitrogen and oxygen atoms in total. The molecular formula is C33H34N4O7S. The van der Waals surface area contributed by atoms with Gasteiger partial charge in [0, 0.05) is 41.5 Å². The van der Waals surface area contributed by atoms with Crippen LogP contribution in [-0.4, -0.2) is 73.1 Å². The van der Waals surface area contributed by atoms with Crippen LogP contribution in [0, 0.1) is 11.8 Å². The molecule has 3 aromatic rings. The number of hydrogen-bond donors (Lipinski definition) is 2. The number of aromatic nitrogens is 1. The lowest BCUT2D eigenvalue weighted by Gasteiger charge is -2.22. The van der Waals surface area contributed by atoms with E-state index in [9.17, 15) is 22.8 Å². The monoisotopic (exact) mass is 630 g/mol. The van der Waals surface area contributed by atoms with E-state index in [1.165, 1.54) is 11.0 Å². The highest BCUT2D eigenvalue weighted by molar-refractivity contribution is 7.90. The lowest BCUT2D eigenvalue weighted by Crippen LogP contribution is -2.47. The number of fused-ring (bicyclic) bond motifs is 1. The largest absolute Gasteiger partial charge is 0.497 e. The van der Waals surface area contributed by atoms with Gasteiger partial charge in [-0.25, -0.2) is 13.4 Å². The van der Waals surface area contributed by atoms with Crippen LogP contribution < -0.4 is 19.5 Å². The summed E-state index contributed by atoms with van der Waals surface area (Å²) < 4.78 is 38.7. The summed E-state index contributed by atoms with van der Waals surface area (Å²) in [5.41, 5.74) is 2.24. The van der Waals surface area contributed by atoms with Crippen LogP contribution in [0.3, 0.4) is 0 Å². The average molecular weight is 631 g/mol. The molecular weight excluding hydrogens is 596 g/mol. The van der Waals surface area contributed by atoms with Gasteiger partial charge in [0.15, 0.2) is 0 Å². The normalized spacial score (nSPS) is 24.0. The van der Waals surface area contributed by atoms with Crippen LogP contribution >= 0.6 is 0 Å². The molecule has 2 aliphatic carbocycles. The predicted octanol–water partition coefficient (Wildman–Crippen LogP) is 2.97. The highest BCUT2D eigenvalue weighted by atomic mass is 32.2. The Labute approximate surface area is 261 Å². The Morgan fingerprint density at radius 2 is 1.80 bits per heavy atom. The molecule has 5 atom stereocenters. The van der Waals surface area contributed by atoms with E-state index >= 15 is 0 Å². The molecule has 0 radical (unpaired) electrons. The van der Waals surface area contributed by atoms with Gasteiger partial charge in [-0.3, -0.25) is 19.1 Å². The third-order valence-corrected chi connectivity index (χ3v) is 10.4. The number of carbonyl (C=O) groups is 3. The molecule has 45 heavy (non-hydrogen) atoms. The lowest BCUT2D eigenvalue weighted by molar-refractivity contribution is -0.135. The Morgan fingerprint density at radius 1 is 1.04 bits per heavy atom. The quantitative estimate of drug-likeness (QED) is 0.243. The topological polar surface area (TPSA) is 144 Å². The first-order chi connectivity index (χ1) is 21.6. The number of amides is 3. The maximum Gasteiger partial charge on any atom is 0.246 e. The minimum Gasteiger partial charge on any atom is -0.497 e. The number of sulfonamides is 1. The molecule has 2 saturated carbocycles. The molecule has 2 aromatic carbocycles. The number of nitrogens with zero attached hydrogens (tertiary/aromatic N) is 2. The van der Waals surface area contributed by atoms with Crippen molar-refractivity contribution in [2.24, 2.45) is 11.8 Å². The number of hydrogen-bond acceptors (Lipinski definition) is 8. The maximum absolute atomic E-state index is 13.6. The van der Waals surface area contributed by atoms with Gasteiger partial charge in [0.05, 0.1) is 36.0 Å². The van der Waals surface area contributed by atoms with Gasteiger partial charge < -0.3 is 19.7 Å². The van der Waals surface area contributed by atoms with Crippen molar-refractivity contribution in [3.63, 3.8) is 0 Å². The summed E-state index contributed by atoms with van der Waals surface area (Å²) >= 11 is 0. The molecule has 6 rings (SSSR count). The van der Waals surface area contributed by atoms with Gasteiger partial charge in [0.25, 0.3) is 0 Å². The second-order valence-corrected chi connectivity index (χ2v) is 13.5. The Bertz CT molecular complexity index is 1790. The second kappa shape index (κ2) is 12.0. The molecule has 0 spiro atoms. The molecule has 2 heterocycles. The molecule has 12 heteroatoms. The van der Waals surface area contributed by atoms with Gasteiger partial charge in [-0.05, 0) is 31.1 Å². The lowest BCUT2D eigenvalue weighted by atomic mass is 10.1. The summed E-state index contributed by atoms with van der Waals surface area (Å²) in [4.78, 5) is 45.5. The number of likely N-dealkylation sites (tertiary alicyclic amines) is 1. The smallest absolute Gasteiger partial charge is 0.246 e. The molecule has 0 unspecified atom stereocenters. The molecule has 1 aliphatic heterocycles. The van der Waals surface area contributed by atoms with Crippen molar-refractivity contribution < 1.29 is 32.3 Å². The summed E-state index contributed by atoms with van der Waals surface area (Å²) in [6.45, 7) is 7.46. The van der Waals surface area contributed by atoms with Crippen molar-refractivity contribution in [2.75, 3.05) is 13.7 Å². The van der Waals surface area contributed by atoms with Gasteiger partial charge in [-0.2, -0.15) is 0 Å². The number of ether oxygens (including phenoxy) is 2. The molecule has 234 valence electrons. The zero-order chi connectivity index (χ0) is 31.9. The van der Waals surface area contributed by atoms with Gasteiger partial charge in [0.2, 0.25) is 27.7 Å². The van der Waals surface area contributed by atoms with E-state index in [1.807, 2.05) is 54.6 Å². The Hall–Kier alpha value is -4.71. The first-order valence-corrected chi connectivity index (χ1v) is 16.3. The fraction of sp³-hybridized carbons (Fsp3) is 0.333. The first-order valence-electron chi connectivity index (χ1n) is 14.8. The average Bonchev–Trinajstić information content (AvgIpc) is 3.97. The third kappa shape index (κ3) is 6.15. The Balaban J connectivity index is 1.21. The number of rotatable bonds is 11. The number of nitrogens with one attached hydrogen (secondary N) is 2. The summed E-state index contributed by atoms with van der Waals surface area (Å²) in [5, 5.41) is 3.05. The standard InChI is InChI=1S/C33H34N4O7S/c1-4-23-30(33(40)36-45(41,42)22-12-13-22)31(23)35-32(39)27-16-21(18-37(27)29(38)5-2)44-28-17-25(19-9-7-6-8-10-19)34-26-15-20(43-3)11-14-24(26)28/h4-11,14-15,17,21-23,27,30-31H,1-2,12-13,16,18H2,3H3,(H,35,39)(H,36,40)/t21-,23-,27+,30+,31+/m1/s1. The highest BCUT2D eigenvalue weighted by Crippen LogP contribution is 2.41. The van der Waals surface area contributed by atoms with E-state index in [4.69, 9.17) is 14.5 Å². The summed E-state index contributed by atoms with van der Waals surface area (Å²) in [5.74, 6) is -1.59. The van der Waals surface area contributed by atoms with Crippen molar-refractivity contribution in [3.8, 4) is 22.8 Å². The molecule has 1 aromatic heterocycles. The minimum absolute atomic E-state index is 0.128. The van der Waals surface area contributed by atoms with E-state index < -0.39 is 63.0 Å². The van der Waals surface area contributed by atoms with Crippen LogP contribution in [0.25, 0.3) is 22.2 Å². The Morgan fingerprint density at radius 3 is 2.47 bits per heavy atom. The van der Waals surface area contributed by atoms with Gasteiger partial charge in [0.1, 0.15) is 23.6 Å². The number of carbonyl (C=O) groups excluding carboxylic acids is 3. The predicted molar refractivity (Wildman–Crippen MR) is 168 cm³/mol. The zero-order valence-corrected chi connectivity index (χ0v) is 25.5. The van der Waals surface area contributed by atoms with Gasteiger partial charge >= 0.3 is 0 Å². The summed E-state index contributed by atoms with van der Waals surface area (Å²) in [6.07, 6.45) is 3.36. The molecule has 3 fully saturated rings. The summed E-state index contributed by atoms with van der Waals surface area (Å²) in [7, 11) is -2.15. The molecule has 2 N–H and O–H groups in total. The van der Waals surface area contributed by atoms with Crippen LogP contribution in [0.5, 0.6) is 11.5 Å². The van der Waals surface area contributed by atoms with Crippen LogP contribution in [0.4, 0.5) is 0 Å². The summed E-state index contributed by atoms with van der Waals surface area (Å²) in [6, 6.07) is 15.4. The number of pyridine rings is 1. The van der Waals surface area contributed by atoms with E-state index in [1.54, 1.807) is 7.11 Å². The van der Waals surface area contributed by atoms with Gasteiger partial charge in [-0.15, -0.1) is 6.58 Å². The van der Waals surface area contributed by atoms with Gasteiger partial charge in [-0.1, -0.05) is 43.0 Å². The van der Waals surface area contributed by atoms with E-state index in [0.29, 0.717) is 35.6 Å². The molecule has 3 aliphatic rings. The van der Waals surface area contributed by atoms with Crippen molar-refractivity contribution >= 4 is 38.6 Å². The van der Waals surface area contributed by atoms with Crippen LogP contribution in [-0.2, 0) is 24.4 Å². The van der Waals surface area contributed by atoms with Crippen LogP contribution in [0.15, 0.2) is 79.9 Å². The van der Waals surface area contributed by atoms with E-state index in [-0.39, 0.29) is 13.0 Å². The SMILES string of the molecule is C=CC(=O)N1C[C@H](Oc2cc(-c3ccccc3)nc3cc(OC)ccc23)C[C@H]1C(=O)N[C@H]1[C@H](C=C)[C@@H]1C(=O)NS(=O)(=O)C1CC1. The van der Waals surface area contributed by atoms with Crippen LogP contribution in [0.2, 0.25) is 0 Å². The van der Waals surface area contributed by atoms with Crippen molar-refractivity contribution in [2.45, 2.75) is 42.7 Å². The fourth-order valence-corrected chi connectivity index (χ4v) is 7.25. The van der Waals surface area contributed by atoms with Crippen molar-refractivity contribution in [3.05, 3.63) is 79.9 Å². The number of benzene rings is 2. The highest BCUT2D eigenvalue weighted by Gasteiger charge is 2.56. The number of methoxy groups -OCH3 is 1.